The van der Waals surface area contributed by atoms with Gasteiger partial charge in [0, 0.05) is 13.6 Å². The first-order chi connectivity index (χ1) is 9.71. The molecule has 1 fully saturated rings. The molecule has 1 aromatic carbocycles. The van der Waals surface area contributed by atoms with E-state index in [9.17, 15) is 22.0 Å². The lowest BCUT2D eigenvalue weighted by molar-refractivity contribution is 0.0735. The van der Waals surface area contributed by atoms with E-state index in [-0.39, 0.29) is 0 Å². The van der Waals surface area contributed by atoms with Crippen molar-refractivity contribution in [2.24, 2.45) is 11.1 Å². The number of nitrogens with two attached hydrogens (primary N) is 1. The zero-order chi connectivity index (χ0) is 15.8. The molecule has 1 aliphatic rings. The van der Waals surface area contributed by atoms with Crippen LogP contribution in [0, 0.1) is 17.6 Å². The topological polar surface area (TPSA) is 80.5 Å². The van der Waals surface area contributed by atoms with Gasteiger partial charge in [-0.15, -0.1) is 0 Å². The Kier molecular flexibility index (Phi) is 4.29. The van der Waals surface area contributed by atoms with Crippen molar-refractivity contribution in [3.63, 3.8) is 0 Å². The molecule has 0 saturated heterocycles. The van der Waals surface area contributed by atoms with E-state index in [4.69, 9.17) is 5.14 Å². The number of nitrogens with zero attached hydrogens (tertiary/aromatic N) is 1. The van der Waals surface area contributed by atoms with Crippen LogP contribution in [0.4, 0.5) is 8.78 Å². The van der Waals surface area contributed by atoms with E-state index in [1.807, 2.05) is 0 Å². The predicted molar refractivity (Wildman–Crippen MR) is 72.0 cm³/mol. The number of hydrogen-bond acceptors (Lipinski definition) is 3. The van der Waals surface area contributed by atoms with E-state index < -0.39 is 38.0 Å². The summed E-state index contributed by atoms with van der Waals surface area (Å²) in [7, 11) is -2.93. The molecule has 21 heavy (non-hydrogen) atoms. The summed E-state index contributed by atoms with van der Waals surface area (Å²) in [6, 6.07) is 1.44. The molecule has 0 heterocycles. The Morgan fingerprint density at radius 1 is 1.38 bits per heavy atom. The highest BCUT2D eigenvalue weighted by atomic mass is 32.2. The zero-order valence-corrected chi connectivity index (χ0v) is 12.3. The Morgan fingerprint density at radius 2 is 2.00 bits per heavy atom. The number of carbonyl (C=O) groups excluding carboxylic acids is 1. The van der Waals surface area contributed by atoms with Gasteiger partial charge in [-0.25, -0.2) is 22.3 Å². The van der Waals surface area contributed by atoms with Crippen molar-refractivity contribution < 1.29 is 22.0 Å². The molecule has 0 unspecified atom stereocenters. The number of amides is 1. The second-order valence-corrected chi connectivity index (χ2v) is 6.79. The molecular weight excluding hydrogens is 302 g/mol. The van der Waals surface area contributed by atoms with E-state index >= 15 is 0 Å². The van der Waals surface area contributed by atoms with Crippen LogP contribution in [0.1, 0.15) is 29.6 Å². The van der Waals surface area contributed by atoms with Crippen LogP contribution in [-0.4, -0.2) is 32.8 Å². The van der Waals surface area contributed by atoms with Crippen LogP contribution in [0.25, 0.3) is 0 Å². The van der Waals surface area contributed by atoms with E-state index in [1.165, 1.54) is 11.9 Å². The summed E-state index contributed by atoms with van der Waals surface area (Å²) >= 11 is 0. The minimum absolute atomic E-state index is 0.325. The lowest BCUT2D eigenvalue weighted by atomic mass is 9.85. The summed E-state index contributed by atoms with van der Waals surface area (Å²) in [6.45, 7) is 0.386. The molecule has 1 aliphatic carbocycles. The first-order valence-corrected chi connectivity index (χ1v) is 8.02. The summed E-state index contributed by atoms with van der Waals surface area (Å²) in [4.78, 5) is 12.5. The third kappa shape index (κ3) is 3.21. The number of hydrogen-bond donors (Lipinski definition) is 1. The van der Waals surface area contributed by atoms with Gasteiger partial charge in [0.2, 0.25) is 10.0 Å². The van der Waals surface area contributed by atoms with E-state index in [0.717, 1.165) is 25.3 Å². The smallest absolute Gasteiger partial charge is 0.259 e. The molecule has 0 radical (unpaired) electrons. The van der Waals surface area contributed by atoms with Gasteiger partial charge in [0.1, 0.15) is 16.3 Å². The number of sulfonamides is 1. The third-order valence-electron chi connectivity index (χ3n) is 3.68. The molecule has 8 heteroatoms. The maximum absolute atomic E-state index is 14.1. The maximum Gasteiger partial charge on any atom is 0.259 e. The summed E-state index contributed by atoms with van der Waals surface area (Å²) in [5.74, 6) is -3.11. The number of benzene rings is 1. The SMILES string of the molecule is CN(CC1CCC1)C(=O)c1c(F)ccc(S(N)(=O)=O)c1F. The molecule has 1 amide bonds. The highest BCUT2D eigenvalue weighted by Gasteiger charge is 2.29. The molecule has 0 spiro atoms. The van der Waals surface area contributed by atoms with E-state index in [1.54, 1.807) is 0 Å². The standard InChI is InChI=1S/C13H16F2N2O3S/c1-17(7-8-3-2-4-8)13(18)11-9(14)5-6-10(12(11)15)21(16,19)20/h5-6,8H,2-4,7H2,1H3,(H2,16,19,20). The first-order valence-electron chi connectivity index (χ1n) is 6.48. The van der Waals surface area contributed by atoms with Crippen molar-refractivity contribution in [2.45, 2.75) is 24.2 Å². The van der Waals surface area contributed by atoms with E-state index in [2.05, 4.69) is 0 Å². The van der Waals surface area contributed by atoms with Crippen LogP contribution in [0.15, 0.2) is 17.0 Å². The lowest BCUT2D eigenvalue weighted by Crippen LogP contribution is -2.35. The van der Waals surface area contributed by atoms with Crippen LogP contribution in [0.3, 0.4) is 0 Å². The number of primary sulfonamides is 1. The molecule has 2 rings (SSSR count). The number of rotatable bonds is 4. The van der Waals surface area contributed by atoms with Crippen molar-refractivity contribution in [1.29, 1.82) is 0 Å². The van der Waals surface area contributed by atoms with Crippen molar-refractivity contribution in [1.82, 2.24) is 4.90 Å². The minimum Gasteiger partial charge on any atom is -0.341 e. The number of halogens is 2. The first kappa shape index (κ1) is 15.8. The van der Waals surface area contributed by atoms with Gasteiger partial charge in [0.25, 0.3) is 5.91 Å². The molecule has 116 valence electrons. The van der Waals surface area contributed by atoms with Gasteiger partial charge in [-0.3, -0.25) is 4.79 Å². The molecule has 5 nitrogen and oxygen atoms in total. The molecule has 2 N–H and O–H groups in total. The average molecular weight is 318 g/mol. The molecule has 0 aromatic heterocycles. The number of carbonyl (C=O) groups is 1. The Balaban J connectivity index is 2.35. The van der Waals surface area contributed by atoms with Crippen molar-refractivity contribution >= 4 is 15.9 Å². The quantitative estimate of drug-likeness (QED) is 0.913. The lowest BCUT2D eigenvalue weighted by Gasteiger charge is -2.30. The van der Waals surface area contributed by atoms with Crippen molar-refractivity contribution in [3.8, 4) is 0 Å². The van der Waals surface area contributed by atoms with Gasteiger partial charge in [0.15, 0.2) is 5.82 Å². The van der Waals surface area contributed by atoms with Crippen LogP contribution in [0.5, 0.6) is 0 Å². The Hall–Kier alpha value is -1.54. The Bertz CT molecular complexity index is 672. The molecule has 1 aromatic rings. The van der Waals surface area contributed by atoms with E-state index in [0.29, 0.717) is 18.5 Å². The van der Waals surface area contributed by atoms with Gasteiger partial charge in [-0.2, -0.15) is 0 Å². The summed E-state index contributed by atoms with van der Waals surface area (Å²) in [5, 5.41) is 4.85. The molecule has 0 bridgehead atoms. The fraction of sp³-hybridized carbons (Fsp3) is 0.462. The summed E-state index contributed by atoms with van der Waals surface area (Å²) in [5.41, 5.74) is -0.886. The Morgan fingerprint density at radius 3 is 2.48 bits per heavy atom. The van der Waals surface area contributed by atoms with Crippen LogP contribution in [0.2, 0.25) is 0 Å². The summed E-state index contributed by atoms with van der Waals surface area (Å²) < 4.78 is 50.3. The molecule has 0 atom stereocenters. The fourth-order valence-electron chi connectivity index (χ4n) is 2.29. The summed E-state index contributed by atoms with van der Waals surface area (Å²) in [6.07, 6.45) is 3.02. The highest BCUT2D eigenvalue weighted by molar-refractivity contribution is 7.89. The van der Waals surface area contributed by atoms with Crippen molar-refractivity contribution in [2.75, 3.05) is 13.6 Å². The third-order valence-corrected chi connectivity index (χ3v) is 4.61. The fourth-order valence-corrected chi connectivity index (χ4v) is 2.90. The maximum atomic E-state index is 14.1. The molecular formula is C13H16F2N2O3S. The normalized spacial score (nSPS) is 15.6. The zero-order valence-electron chi connectivity index (χ0n) is 11.5. The Labute approximate surface area is 121 Å². The molecule has 0 aliphatic heterocycles. The predicted octanol–water partition coefficient (Wildman–Crippen LogP) is 1.48. The second kappa shape index (κ2) is 5.69. The molecule has 1 saturated carbocycles. The monoisotopic (exact) mass is 318 g/mol. The minimum atomic E-state index is -4.36. The van der Waals surface area contributed by atoms with Gasteiger partial charge < -0.3 is 4.90 Å². The van der Waals surface area contributed by atoms with Crippen LogP contribution in [-0.2, 0) is 10.0 Å². The van der Waals surface area contributed by atoms with Crippen LogP contribution >= 0.6 is 0 Å². The van der Waals surface area contributed by atoms with Gasteiger partial charge in [-0.1, -0.05) is 6.42 Å². The average Bonchev–Trinajstić information content (AvgIpc) is 2.31. The largest absolute Gasteiger partial charge is 0.341 e. The van der Waals surface area contributed by atoms with Gasteiger partial charge in [0.05, 0.1) is 0 Å². The van der Waals surface area contributed by atoms with Gasteiger partial charge >= 0.3 is 0 Å². The van der Waals surface area contributed by atoms with Crippen LogP contribution < -0.4 is 5.14 Å². The van der Waals surface area contributed by atoms with Crippen molar-refractivity contribution in [3.05, 3.63) is 29.3 Å². The highest BCUT2D eigenvalue weighted by Crippen LogP contribution is 2.28. The van der Waals surface area contributed by atoms with Gasteiger partial charge in [-0.05, 0) is 30.9 Å². The second-order valence-electron chi connectivity index (χ2n) is 5.26.